The van der Waals surface area contributed by atoms with Gasteiger partial charge in [-0.3, -0.25) is 4.79 Å². The van der Waals surface area contributed by atoms with Gasteiger partial charge in [0.05, 0.1) is 18.8 Å². The Kier molecular flexibility index (Phi) is 4.59. The van der Waals surface area contributed by atoms with Gasteiger partial charge in [-0.2, -0.15) is 0 Å². The van der Waals surface area contributed by atoms with Gasteiger partial charge in [-0.15, -0.1) is 0 Å². The van der Waals surface area contributed by atoms with Gasteiger partial charge < -0.3 is 15.5 Å². The largest absolute Gasteiger partial charge is 0.467 e. The number of nitrogens with one attached hydrogen (secondary N) is 1. The summed E-state index contributed by atoms with van der Waals surface area (Å²) in [5.41, 5.74) is 6.73. The Morgan fingerprint density at radius 2 is 2.10 bits per heavy atom. The van der Waals surface area contributed by atoms with Crippen LogP contribution in [0.1, 0.15) is 34.6 Å². The van der Waals surface area contributed by atoms with E-state index in [9.17, 15) is 4.79 Å². The molecule has 0 saturated carbocycles. The molecule has 1 aromatic heterocycles. The molecule has 0 aliphatic rings. The van der Waals surface area contributed by atoms with Crippen LogP contribution in [0.15, 0.2) is 47.1 Å². The SMILES string of the molecule is CC(NC(=O)c1ccc(C#CCN)cc1)c1ccco1. The zero-order valence-electron chi connectivity index (χ0n) is 11.2. The first-order valence-electron chi connectivity index (χ1n) is 6.34. The van der Waals surface area contributed by atoms with E-state index in [0.29, 0.717) is 12.1 Å². The Balaban J connectivity index is 2.02. The maximum Gasteiger partial charge on any atom is 0.251 e. The van der Waals surface area contributed by atoms with Crippen molar-refractivity contribution >= 4 is 5.91 Å². The van der Waals surface area contributed by atoms with E-state index in [1.165, 1.54) is 0 Å². The van der Waals surface area contributed by atoms with Crippen LogP contribution in [0.25, 0.3) is 0 Å². The van der Waals surface area contributed by atoms with Gasteiger partial charge in [-0.25, -0.2) is 0 Å². The lowest BCUT2D eigenvalue weighted by atomic mass is 10.1. The fourth-order valence-electron chi connectivity index (χ4n) is 1.75. The number of amides is 1. The molecule has 0 bridgehead atoms. The molecule has 1 amide bonds. The predicted molar refractivity (Wildman–Crippen MR) is 77.0 cm³/mol. The Morgan fingerprint density at radius 3 is 2.70 bits per heavy atom. The highest BCUT2D eigenvalue weighted by molar-refractivity contribution is 5.94. The van der Waals surface area contributed by atoms with Crippen LogP contribution in [0.3, 0.4) is 0 Å². The summed E-state index contributed by atoms with van der Waals surface area (Å²) in [6.07, 6.45) is 1.59. The Bertz CT molecular complexity index is 619. The molecule has 102 valence electrons. The molecular formula is C16H16N2O2. The molecule has 0 aliphatic carbocycles. The summed E-state index contributed by atoms with van der Waals surface area (Å²) < 4.78 is 5.25. The van der Waals surface area contributed by atoms with Gasteiger partial charge in [0, 0.05) is 11.1 Å². The zero-order chi connectivity index (χ0) is 14.4. The van der Waals surface area contributed by atoms with Crippen LogP contribution in [-0.2, 0) is 0 Å². The first kappa shape index (κ1) is 13.9. The van der Waals surface area contributed by atoms with E-state index in [4.69, 9.17) is 10.2 Å². The van der Waals surface area contributed by atoms with Crippen LogP contribution in [0, 0.1) is 11.8 Å². The number of furan rings is 1. The first-order chi connectivity index (χ1) is 9.70. The van der Waals surface area contributed by atoms with Crippen LogP contribution in [0.2, 0.25) is 0 Å². The van der Waals surface area contributed by atoms with Crippen molar-refractivity contribution in [3.05, 3.63) is 59.5 Å². The Labute approximate surface area is 118 Å². The quantitative estimate of drug-likeness (QED) is 0.837. The van der Waals surface area contributed by atoms with Crippen LogP contribution >= 0.6 is 0 Å². The van der Waals surface area contributed by atoms with Crippen molar-refractivity contribution in [2.24, 2.45) is 5.73 Å². The molecule has 0 spiro atoms. The highest BCUT2D eigenvalue weighted by Crippen LogP contribution is 2.13. The third-order valence-electron chi connectivity index (χ3n) is 2.80. The van der Waals surface area contributed by atoms with Gasteiger partial charge in [-0.05, 0) is 43.3 Å². The van der Waals surface area contributed by atoms with Crippen molar-refractivity contribution in [3.63, 3.8) is 0 Å². The molecule has 4 heteroatoms. The van der Waals surface area contributed by atoms with Crippen molar-refractivity contribution in [3.8, 4) is 11.8 Å². The zero-order valence-corrected chi connectivity index (χ0v) is 11.2. The van der Waals surface area contributed by atoms with E-state index in [-0.39, 0.29) is 11.9 Å². The normalized spacial score (nSPS) is 11.3. The molecule has 20 heavy (non-hydrogen) atoms. The molecule has 3 N–H and O–H groups in total. The van der Waals surface area contributed by atoms with E-state index in [0.717, 1.165) is 11.3 Å². The monoisotopic (exact) mass is 268 g/mol. The third kappa shape index (κ3) is 3.50. The van der Waals surface area contributed by atoms with Gasteiger partial charge in [-0.1, -0.05) is 11.8 Å². The fourth-order valence-corrected chi connectivity index (χ4v) is 1.75. The minimum atomic E-state index is -0.172. The van der Waals surface area contributed by atoms with Crippen LogP contribution in [-0.4, -0.2) is 12.5 Å². The number of nitrogens with two attached hydrogens (primary N) is 1. The average Bonchev–Trinajstić information content (AvgIpc) is 3.00. The molecule has 0 radical (unpaired) electrons. The maximum atomic E-state index is 12.1. The van der Waals surface area contributed by atoms with E-state index < -0.39 is 0 Å². The molecular weight excluding hydrogens is 252 g/mol. The van der Waals surface area contributed by atoms with Gasteiger partial charge in [0.1, 0.15) is 5.76 Å². The summed E-state index contributed by atoms with van der Waals surface area (Å²) in [5.74, 6) is 6.26. The number of carbonyl (C=O) groups excluding carboxylic acids is 1. The topological polar surface area (TPSA) is 68.3 Å². The molecule has 0 aliphatic heterocycles. The maximum absolute atomic E-state index is 12.1. The molecule has 1 heterocycles. The standard InChI is InChI=1S/C16H16N2O2/c1-12(15-5-3-11-20-15)18-16(19)14-8-6-13(7-9-14)4-2-10-17/h3,5-9,11-12H,10,17H2,1H3,(H,18,19). The number of rotatable bonds is 3. The number of hydrogen-bond acceptors (Lipinski definition) is 3. The van der Waals surface area contributed by atoms with Crippen LogP contribution in [0.4, 0.5) is 0 Å². The lowest BCUT2D eigenvalue weighted by Crippen LogP contribution is -2.26. The molecule has 2 rings (SSSR count). The van der Waals surface area contributed by atoms with Crippen molar-refractivity contribution in [2.45, 2.75) is 13.0 Å². The lowest BCUT2D eigenvalue weighted by molar-refractivity contribution is 0.0935. The Hall–Kier alpha value is -2.51. The van der Waals surface area contributed by atoms with Crippen molar-refractivity contribution < 1.29 is 9.21 Å². The van der Waals surface area contributed by atoms with Crippen LogP contribution in [0.5, 0.6) is 0 Å². The summed E-state index contributed by atoms with van der Waals surface area (Å²) in [5, 5.41) is 2.87. The second kappa shape index (κ2) is 6.60. The number of benzene rings is 1. The second-order valence-electron chi connectivity index (χ2n) is 4.29. The van der Waals surface area contributed by atoms with Gasteiger partial charge in [0.2, 0.25) is 0 Å². The van der Waals surface area contributed by atoms with E-state index in [2.05, 4.69) is 17.2 Å². The molecule has 0 saturated heterocycles. The van der Waals surface area contributed by atoms with Gasteiger partial charge >= 0.3 is 0 Å². The molecule has 2 aromatic rings. The fraction of sp³-hybridized carbons (Fsp3) is 0.188. The highest BCUT2D eigenvalue weighted by atomic mass is 16.3. The first-order valence-corrected chi connectivity index (χ1v) is 6.34. The van der Waals surface area contributed by atoms with Gasteiger partial charge in [0.25, 0.3) is 5.91 Å². The minimum Gasteiger partial charge on any atom is -0.467 e. The predicted octanol–water partition coefficient (Wildman–Crippen LogP) is 2.08. The minimum absolute atomic E-state index is 0.146. The molecule has 1 aromatic carbocycles. The highest BCUT2D eigenvalue weighted by Gasteiger charge is 2.12. The summed E-state index contributed by atoms with van der Waals surface area (Å²) in [6.45, 7) is 2.20. The van der Waals surface area contributed by atoms with E-state index in [1.807, 2.05) is 13.0 Å². The third-order valence-corrected chi connectivity index (χ3v) is 2.80. The van der Waals surface area contributed by atoms with Crippen molar-refractivity contribution in [1.29, 1.82) is 0 Å². The average molecular weight is 268 g/mol. The lowest BCUT2D eigenvalue weighted by Gasteiger charge is -2.11. The summed E-state index contributed by atoms with van der Waals surface area (Å²) >= 11 is 0. The Morgan fingerprint density at radius 1 is 1.35 bits per heavy atom. The molecule has 4 nitrogen and oxygen atoms in total. The van der Waals surface area contributed by atoms with E-state index in [1.54, 1.807) is 36.6 Å². The van der Waals surface area contributed by atoms with Crippen molar-refractivity contribution in [2.75, 3.05) is 6.54 Å². The number of hydrogen-bond donors (Lipinski definition) is 2. The summed E-state index contributed by atoms with van der Waals surface area (Å²) in [6, 6.07) is 10.5. The molecule has 0 fully saturated rings. The smallest absolute Gasteiger partial charge is 0.251 e. The van der Waals surface area contributed by atoms with E-state index >= 15 is 0 Å². The molecule has 1 atom stereocenters. The molecule has 1 unspecified atom stereocenters. The number of carbonyl (C=O) groups is 1. The van der Waals surface area contributed by atoms with Crippen molar-refractivity contribution in [1.82, 2.24) is 5.32 Å². The van der Waals surface area contributed by atoms with Gasteiger partial charge in [0.15, 0.2) is 0 Å². The second-order valence-corrected chi connectivity index (χ2v) is 4.29. The summed E-state index contributed by atoms with van der Waals surface area (Å²) in [4.78, 5) is 12.1. The van der Waals surface area contributed by atoms with Crippen LogP contribution < -0.4 is 11.1 Å². The summed E-state index contributed by atoms with van der Waals surface area (Å²) in [7, 11) is 0.